The van der Waals surface area contributed by atoms with Crippen molar-refractivity contribution < 1.29 is 0 Å². The van der Waals surface area contributed by atoms with E-state index in [0.717, 1.165) is 5.41 Å². The van der Waals surface area contributed by atoms with Crippen molar-refractivity contribution in [3.8, 4) is 0 Å². The molecule has 0 radical (unpaired) electrons. The predicted molar refractivity (Wildman–Crippen MR) is 65.0 cm³/mol. The molecule has 2 spiro atoms. The smallest absolute Gasteiger partial charge is 0.0215 e. The molecular formula is C14H15Br. The Hall–Kier alpha value is -0.300. The van der Waals surface area contributed by atoms with Gasteiger partial charge < -0.3 is 0 Å². The van der Waals surface area contributed by atoms with Gasteiger partial charge in [0.1, 0.15) is 0 Å². The van der Waals surface area contributed by atoms with Crippen molar-refractivity contribution in [2.24, 2.45) is 5.41 Å². The van der Waals surface area contributed by atoms with E-state index in [-0.39, 0.29) is 0 Å². The van der Waals surface area contributed by atoms with E-state index in [4.69, 9.17) is 0 Å². The number of hydrogen-bond acceptors (Lipinski definition) is 0. The van der Waals surface area contributed by atoms with Crippen LogP contribution in [0.15, 0.2) is 22.7 Å². The van der Waals surface area contributed by atoms with Crippen LogP contribution in [0, 0.1) is 5.41 Å². The zero-order valence-electron chi connectivity index (χ0n) is 8.85. The van der Waals surface area contributed by atoms with E-state index in [9.17, 15) is 0 Å². The first-order chi connectivity index (χ1) is 7.28. The normalized spacial score (nSPS) is 27.8. The first-order valence-corrected chi connectivity index (χ1v) is 6.85. The van der Waals surface area contributed by atoms with Gasteiger partial charge in [0.25, 0.3) is 0 Å². The lowest BCUT2D eigenvalue weighted by Crippen LogP contribution is -2.29. The molecule has 4 rings (SSSR count). The van der Waals surface area contributed by atoms with E-state index < -0.39 is 0 Å². The van der Waals surface area contributed by atoms with Gasteiger partial charge in [0.05, 0.1) is 0 Å². The topological polar surface area (TPSA) is 0 Å². The number of rotatable bonds is 0. The van der Waals surface area contributed by atoms with Crippen molar-refractivity contribution in [2.45, 2.75) is 43.9 Å². The molecule has 0 N–H and O–H groups in total. The molecule has 0 saturated heterocycles. The van der Waals surface area contributed by atoms with Crippen LogP contribution in [0.25, 0.3) is 0 Å². The van der Waals surface area contributed by atoms with Gasteiger partial charge in [-0.25, -0.2) is 0 Å². The number of aryl methyl sites for hydroxylation is 1. The predicted octanol–water partition coefficient (Wildman–Crippen LogP) is 4.21. The van der Waals surface area contributed by atoms with E-state index in [0.29, 0.717) is 5.41 Å². The second-order valence-corrected chi connectivity index (χ2v) is 6.49. The van der Waals surface area contributed by atoms with Crippen molar-refractivity contribution in [3.05, 3.63) is 33.8 Å². The van der Waals surface area contributed by atoms with Crippen molar-refractivity contribution in [3.63, 3.8) is 0 Å². The maximum atomic E-state index is 3.78. The maximum absolute atomic E-state index is 3.78. The lowest BCUT2D eigenvalue weighted by atomic mass is 9.70. The van der Waals surface area contributed by atoms with E-state index in [2.05, 4.69) is 34.1 Å². The van der Waals surface area contributed by atoms with Crippen molar-refractivity contribution in [1.29, 1.82) is 0 Å². The van der Waals surface area contributed by atoms with Crippen LogP contribution >= 0.6 is 15.9 Å². The summed E-state index contributed by atoms with van der Waals surface area (Å²) in [5.74, 6) is 0. The minimum Gasteiger partial charge on any atom is -0.0609 e. The number of hydrogen-bond donors (Lipinski definition) is 0. The Morgan fingerprint density at radius 2 is 1.80 bits per heavy atom. The Kier molecular flexibility index (Phi) is 1.47. The zero-order chi connectivity index (χ0) is 10.1. The summed E-state index contributed by atoms with van der Waals surface area (Å²) >= 11 is 3.78. The van der Waals surface area contributed by atoms with Crippen LogP contribution in [0.1, 0.15) is 43.2 Å². The van der Waals surface area contributed by atoms with Gasteiger partial charge in [-0.05, 0) is 61.1 Å². The summed E-state index contributed by atoms with van der Waals surface area (Å²) in [6, 6.07) is 6.78. The molecule has 1 heteroatoms. The van der Waals surface area contributed by atoms with Crippen LogP contribution in [0.3, 0.4) is 0 Å². The monoisotopic (exact) mass is 262 g/mol. The third-order valence-electron chi connectivity index (χ3n) is 5.07. The molecule has 0 aromatic heterocycles. The van der Waals surface area contributed by atoms with Crippen LogP contribution in [0.5, 0.6) is 0 Å². The number of halogens is 1. The Balaban J connectivity index is 1.97. The number of benzene rings is 1. The van der Waals surface area contributed by atoms with Gasteiger partial charge >= 0.3 is 0 Å². The largest absolute Gasteiger partial charge is 0.0609 e. The second-order valence-electron chi connectivity index (χ2n) is 5.64. The summed E-state index contributed by atoms with van der Waals surface area (Å²) in [6.07, 6.45) is 8.65. The zero-order valence-corrected chi connectivity index (χ0v) is 10.4. The maximum Gasteiger partial charge on any atom is 0.0215 e. The van der Waals surface area contributed by atoms with Crippen molar-refractivity contribution >= 4 is 15.9 Å². The highest BCUT2D eigenvalue weighted by molar-refractivity contribution is 9.10. The lowest BCUT2D eigenvalue weighted by Gasteiger charge is -2.35. The summed E-state index contributed by atoms with van der Waals surface area (Å²) in [5.41, 5.74) is 4.66. The van der Waals surface area contributed by atoms with Gasteiger partial charge in [-0.1, -0.05) is 28.1 Å². The number of fused-ring (bicyclic) bond motifs is 3. The van der Waals surface area contributed by atoms with Crippen LogP contribution in [-0.2, 0) is 11.8 Å². The average Bonchev–Trinajstić information content (AvgIpc) is 3.08. The van der Waals surface area contributed by atoms with Gasteiger partial charge in [0.15, 0.2) is 0 Å². The molecule has 2 fully saturated rings. The summed E-state index contributed by atoms with van der Waals surface area (Å²) in [5, 5.41) is 0. The summed E-state index contributed by atoms with van der Waals surface area (Å²) in [7, 11) is 0. The highest BCUT2D eigenvalue weighted by Gasteiger charge is 2.67. The van der Waals surface area contributed by atoms with E-state index >= 15 is 0 Å². The Morgan fingerprint density at radius 1 is 1.00 bits per heavy atom. The second kappa shape index (κ2) is 2.51. The van der Waals surface area contributed by atoms with Gasteiger partial charge in [-0.3, -0.25) is 0 Å². The molecular weight excluding hydrogens is 248 g/mol. The fourth-order valence-corrected chi connectivity index (χ4v) is 4.76. The molecule has 78 valence electrons. The summed E-state index contributed by atoms with van der Waals surface area (Å²) in [4.78, 5) is 0. The minimum absolute atomic E-state index is 0.612. The summed E-state index contributed by atoms with van der Waals surface area (Å²) in [6.45, 7) is 0. The fraction of sp³-hybridized carbons (Fsp3) is 0.571. The SMILES string of the molecule is Brc1cccc2c1C1(CC1)C1(CC2)CC1. The molecule has 0 amide bonds. The third-order valence-corrected chi connectivity index (χ3v) is 5.73. The molecule has 1 aromatic rings. The lowest BCUT2D eigenvalue weighted by molar-refractivity contribution is 0.325. The van der Waals surface area contributed by atoms with Gasteiger partial charge in [-0.2, -0.15) is 0 Å². The van der Waals surface area contributed by atoms with Crippen LogP contribution in [0.2, 0.25) is 0 Å². The quantitative estimate of drug-likeness (QED) is 0.657. The molecule has 0 atom stereocenters. The molecule has 3 aliphatic carbocycles. The van der Waals surface area contributed by atoms with Gasteiger partial charge in [0.2, 0.25) is 0 Å². The first-order valence-electron chi connectivity index (χ1n) is 6.05. The average molecular weight is 263 g/mol. The van der Waals surface area contributed by atoms with Crippen molar-refractivity contribution in [1.82, 2.24) is 0 Å². The Labute approximate surface area is 99.2 Å². The van der Waals surface area contributed by atoms with Gasteiger partial charge in [-0.15, -0.1) is 0 Å². The third kappa shape index (κ3) is 0.939. The highest BCUT2D eigenvalue weighted by Crippen LogP contribution is 2.75. The molecule has 2 saturated carbocycles. The first kappa shape index (κ1) is 8.81. The Morgan fingerprint density at radius 3 is 2.47 bits per heavy atom. The minimum atomic E-state index is 0.612. The van der Waals surface area contributed by atoms with Crippen molar-refractivity contribution in [2.75, 3.05) is 0 Å². The molecule has 15 heavy (non-hydrogen) atoms. The fourth-order valence-electron chi connectivity index (χ4n) is 3.98. The standard InChI is InChI=1S/C14H15Br/c15-11-3-1-2-10-4-5-13(6-7-13)14(8-9-14)12(10)11/h1-3H,4-9H2. The van der Waals surface area contributed by atoms with Gasteiger partial charge in [0, 0.05) is 9.89 Å². The molecule has 0 aliphatic heterocycles. The van der Waals surface area contributed by atoms with E-state index in [1.807, 2.05) is 0 Å². The van der Waals surface area contributed by atoms with E-state index in [1.165, 1.54) is 43.0 Å². The molecule has 0 unspecified atom stereocenters. The van der Waals surface area contributed by atoms with Crippen LogP contribution in [-0.4, -0.2) is 0 Å². The van der Waals surface area contributed by atoms with Crippen LogP contribution < -0.4 is 0 Å². The molecule has 0 bridgehead atoms. The summed E-state index contributed by atoms with van der Waals surface area (Å²) < 4.78 is 1.38. The highest BCUT2D eigenvalue weighted by atomic mass is 79.9. The molecule has 3 aliphatic rings. The molecule has 0 nitrogen and oxygen atoms in total. The molecule has 0 heterocycles. The van der Waals surface area contributed by atoms with E-state index in [1.54, 1.807) is 11.1 Å². The Bertz CT molecular complexity index is 439. The molecule has 1 aromatic carbocycles. The van der Waals surface area contributed by atoms with Crippen LogP contribution in [0.4, 0.5) is 0 Å².